The van der Waals surface area contributed by atoms with Crippen molar-refractivity contribution in [1.82, 2.24) is 15.1 Å². The highest BCUT2D eigenvalue weighted by molar-refractivity contribution is 4.93. The van der Waals surface area contributed by atoms with Gasteiger partial charge in [-0.3, -0.25) is 20.3 Å². The Morgan fingerprint density at radius 2 is 2.00 bits per heavy atom. The first-order valence-corrected chi connectivity index (χ1v) is 8.10. The highest BCUT2D eigenvalue weighted by atomic mass is 16.6. The second-order valence-electron chi connectivity index (χ2n) is 7.32. The van der Waals surface area contributed by atoms with Gasteiger partial charge in [0, 0.05) is 36.0 Å². The van der Waals surface area contributed by atoms with Crippen molar-refractivity contribution in [3.63, 3.8) is 0 Å². The van der Waals surface area contributed by atoms with E-state index in [-0.39, 0.29) is 10.5 Å². The first-order chi connectivity index (χ1) is 9.82. The molecule has 0 spiro atoms. The molecule has 0 aliphatic carbocycles. The van der Waals surface area contributed by atoms with Crippen LogP contribution in [-0.4, -0.2) is 66.2 Å². The number of hydrogen-bond donors (Lipinski definition) is 1. The van der Waals surface area contributed by atoms with Gasteiger partial charge in [-0.25, -0.2) is 0 Å². The molecule has 0 aromatic rings. The summed E-state index contributed by atoms with van der Waals surface area (Å²) >= 11 is 0. The van der Waals surface area contributed by atoms with Gasteiger partial charge in [-0.15, -0.1) is 0 Å². The van der Waals surface area contributed by atoms with Gasteiger partial charge in [0.2, 0.25) is 0 Å². The molecule has 21 heavy (non-hydrogen) atoms. The number of rotatable bonds is 4. The zero-order valence-corrected chi connectivity index (χ0v) is 13.8. The van der Waals surface area contributed by atoms with E-state index in [0.717, 1.165) is 26.1 Å². The summed E-state index contributed by atoms with van der Waals surface area (Å²) in [5, 5.41) is 13.9. The molecule has 2 rings (SSSR count). The van der Waals surface area contributed by atoms with E-state index in [0.29, 0.717) is 18.4 Å². The number of nitrogens with one attached hydrogen (secondary N) is 1. The minimum atomic E-state index is -0.542. The molecular weight excluding hydrogens is 268 g/mol. The Labute approximate surface area is 128 Å². The van der Waals surface area contributed by atoms with E-state index in [2.05, 4.69) is 43.1 Å². The molecule has 0 bridgehead atoms. The molecule has 122 valence electrons. The maximum Gasteiger partial charge on any atom is 0.266 e. The van der Waals surface area contributed by atoms with Gasteiger partial charge < -0.3 is 4.90 Å². The van der Waals surface area contributed by atoms with E-state index in [9.17, 15) is 10.1 Å². The SMILES string of the molecule is CN(C)C(C)(C)C1CCCN(C2CCC([N+](=O)[O-])NC2)C1. The summed E-state index contributed by atoms with van der Waals surface area (Å²) in [5.41, 5.74) is 0.199. The fraction of sp³-hybridized carbons (Fsp3) is 1.00. The van der Waals surface area contributed by atoms with Crippen LogP contribution in [0.2, 0.25) is 0 Å². The second-order valence-corrected chi connectivity index (χ2v) is 7.32. The molecule has 2 aliphatic heterocycles. The van der Waals surface area contributed by atoms with E-state index in [4.69, 9.17) is 0 Å². The van der Waals surface area contributed by atoms with Crippen molar-refractivity contribution in [3.05, 3.63) is 10.1 Å². The Morgan fingerprint density at radius 1 is 1.29 bits per heavy atom. The standard InChI is InChI=1S/C15H30N4O2/c1-15(2,17(3)4)12-6-5-9-18(11-12)13-7-8-14(16-10-13)19(20)21/h12-14,16H,5-11H2,1-4H3. The second kappa shape index (κ2) is 6.58. The van der Waals surface area contributed by atoms with Gasteiger partial charge in [-0.1, -0.05) is 0 Å². The molecule has 0 aromatic heterocycles. The molecule has 3 unspecified atom stereocenters. The number of nitro groups is 1. The largest absolute Gasteiger partial charge is 0.304 e. The summed E-state index contributed by atoms with van der Waals surface area (Å²) in [6.45, 7) is 7.64. The molecule has 3 atom stereocenters. The van der Waals surface area contributed by atoms with E-state index >= 15 is 0 Å². The van der Waals surface area contributed by atoms with E-state index in [1.807, 2.05) is 0 Å². The highest BCUT2D eigenvalue weighted by Crippen LogP contribution is 2.32. The first kappa shape index (κ1) is 16.6. The lowest BCUT2D eigenvalue weighted by Crippen LogP contribution is -2.57. The van der Waals surface area contributed by atoms with Crippen molar-refractivity contribution in [2.45, 2.75) is 57.3 Å². The van der Waals surface area contributed by atoms with Gasteiger partial charge in [0.05, 0.1) is 0 Å². The zero-order valence-electron chi connectivity index (χ0n) is 13.8. The Kier molecular flexibility index (Phi) is 5.22. The monoisotopic (exact) mass is 298 g/mol. The summed E-state index contributed by atoms with van der Waals surface area (Å²) in [4.78, 5) is 15.5. The lowest BCUT2D eigenvalue weighted by atomic mass is 9.80. The smallest absolute Gasteiger partial charge is 0.266 e. The normalized spacial score (nSPS) is 32.3. The molecule has 0 aromatic carbocycles. The molecule has 0 amide bonds. The van der Waals surface area contributed by atoms with Crippen molar-refractivity contribution in [2.24, 2.45) is 5.92 Å². The molecular formula is C15H30N4O2. The van der Waals surface area contributed by atoms with Crippen LogP contribution in [0.1, 0.15) is 39.5 Å². The third kappa shape index (κ3) is 3.73. The molecule has 0 radical (unpaired) electrons. The van der Waals surface area contributed by atoms with E-state index in [1.54, 1.807) is 0 Å². The Balaban J connectivity index is 1.92. The summed E-state index contributed by atoms with van der Waals surface area (Å²) in [6.07, 6.45) is 3.56. The average Bonchev–Trinajstić information content (AvgIpc) is 2.47. The van der Waals surface area contributed by atoms with Crippen molar-refractivity contribution < 1.29 is 4.92 Å². The fourth-order valence-corrected chi connectivity index (χ4v) is 3.60. The predicted octanol–water partition coefficient (Wildman–Crippen LogP) is 1.39. The Bertz CT molecular complexity index is 365. The number of piperidine rings is 2. The van der Waals surface area contributed by atoms with Crippen molar-refractivity contribution >= 4 is 0 Å². The van der Waals surface area contributed by atoms with Crippen LogP contribution in [-0.2, 0) is 0 Å². The minimum absolute atomic E-state index is 0.190. The zero-order chi connectivity index (χ0) is 15.6. The topological polar surface area (TPSA) is 61.7 Å². The third-order valence-electron chi connectivity index (χ3n) is 5.74. The van der Waals surface area contributed by atoms with Gasteiger partial charge in [0.1, 0.15) is 0 Å². The summed E-state index contributed by atoms with van der Waals surface area (Å²) in [6, 6.07) is 0.460. The van der Waals surface area contributed by atoms with Gasteiger partial charge in [0.15, 0.2) is 0 Å². The molecule has 0 saturated carbocycles. The minimum Gasteiger partial charge on any atom is -0.304 e. The quantitative estimate of drug-likeness (QED) is 0.628. The predicted molar refractivity (Wildman–Crippen MR) is 83.9 cm³/mol. The Morgan fingerprint density at radius 3 is 2.52 bits per heavy atom. The molecule has 2 heterocycles. The lowest BCUT2D eigenvalue weighted by molar-refractivity contribution is -0.532. The number of nitrogens with zero attached hydrogens (tertiary/aromatic N) is 3. The fourth-order valence-electron chi connectivity index (χ4n) is 3.60. The van der Waals surface area contributed by atoms with Crippen molar-refractivity contribution in [3.8, 4) is 0 Å². The molecule has 1 N–H and O–H groups in total. The summed E-state index contributed by atoms with van der Waals surface area (Å²) in [5.74, 6) is 0.662. The van der Waals surface area contributed by atoms with E-state index < -0.39 is 6.17 Å². The van der Waals surface area contributed by atoms with Crippen LogP contribution in [0.25, 0.3) is 0 Å². The van der Waals surface area contributed by atoms with Crippen LogP contribution in [0.4, 0.5) is 0 Å². The molecule has 6 nitrogen and oxygen atoms in total. The maximum absolute atomic E-state index is 10.8. The molecule has 2 aliphatic rings. The summed E-state index contributed by atoms with van der Waals surface area (Å²) < 4.78 is 0. The van der Waals surface area contributed by atoms with Gasteiger partial charge in [-0.05, 0) is 59.7 Å². The van der Waals surface area contributed by atoms with Crippen molar-refractivity contribution in [1.29, 1.82) is 0 Å². The van der Waals surface area contributed by atoms with Gasteiger partial charge in [-0.2, -0.15) is 0 Å². The van der Waals surface area contributed by atoms with Gasteiger partial charge >= 0.3 is 0 Å². The van der Waals surface area contributed by atoms with Crippen LogP contribution >= 0.6 is 0 Å². The lowest BCUT2D eigenvalue weighted by Gasteiger charge is -2.47. The Hall–Kier alpha value is -0.720. The first-order valence-electron chi connectivity index (χ1n) is 8.10. The average molecular weight is 298 g/mol. The van der Waals surface area contributed by atoms with Crippen LogP contribution < -0.4 is 5.32 Å². The summed E-state index contributed by atoms with van der Waals surface area (Å²) in [7, 11) is 4.31. The van der Waals surface area contributed by atoms with Crippen LogP contribution in [0.5, 0.6) is 0 Å². The third-order valence-corrected chi connectivity index (χ3v) is 5.74. The van der Waals surface area contributed by atoms with E-state index in [1.165, 1.54) is 12.8 Å². The van der Waals surface area contributed by atoms with Crippen LogP contribution in [0.15, 0.2) is 0 Å². The molecule has 2 fully saturated rings. The van der Waals surface area contributed by atoms with Gasteiger partial charge in [0.25, 0.3) is 6.17 Å². The number of hydrogen-bond acceptors (Lipinski definition) is 5. The number of likely N-dealkylation sites (tertiary alicyclic amines) is 1. The van der Waals surface area contributed by atoms with Crippen LogP contribution in [0.3, 0.4) is 0 Å². The maximum atomic E-state index is 10.8. The highest BCUT2D eigenvalue weighted by Gasteiger charge is 2.38. The van der Waals surface area contributed by atoms with Crippen LogP contribution in [0, 0.1) is 16.0 Å². The molecule has 2 saturated heterocycles. The molecule has 6 heteroatoms. The van der Waals surface area contributed by atoms with Crippen molar-refractivity contribution in [2.75, 3.05) is 33.7 Å².